The molecule has 0 aromatic heterocycles. The van der Waals surface area contributed by atoms with Crippen molar-refractivity contribution in [3.05, 3.63) is 0 Å². The largest absolute Gasteiger partial charge is 0.342 e. The summed E-state index contributed by atoms with van der Waals surface area (Å²) in [7, 11) is 0. The molecular weight excluding hydrogens is 423 g/mol. The van der Waals surface area contributed by atoms with E-state index in [9.17, 15) is 4.79 Å². The molecule has 0 aromatic rings. The third-order valence-electron chi connectivity index (χ3n) is 7.48. The second kappa shape index (κ2) is 9.67. The molecule has 0 aromatic carbocycles. The molecule has 3 nitrogen and oxygen atoms in total. The van der Waals surface area contributed by atoms with Gasteiger partial charge in [0.05, 0.1) is 0 Å². The maximum atomic E-state index is 12.9. The van der Waals surface area contributed by atoms with Gasteiger partial charge in [-0.25, -0.2) is 0 Å². The van der Waals surface area contributed by atoms with Crippen LogP contribution in [0.15, 0.2) is 0 Å². The van der Waals surface area contributed by atoms with Crippen molar-refractivity contribution in [1.82, 2.24) is 9.80 Å². The molecule has 0 bridgehead atoms. The maximum absolute atomic E-state index is 12.9. The Bertz CT molecular complexity index is 443. The first-order chi connectivity index (χ1) is 11.9. The van der Waals surface area contributed by atoms with Gasteiger partial charge >= 0.3 is 0 Å². The monoisotopic (exact) mass is 463 g/mol. The van der Waals surface area contributed by atoms with Crippen molar-refractivity contribution in [1.29, 1.82) is 0 Å². The second-order valence-electron chi connectivity index (χ2n) is 9.80. The Kier molecular flexibility index (Phi) is 8.40. The molecule has 1 saturated carbocycles. The van der Waals surface area contributed by atoms with Crippen molar-refractivity contribution in [3.63, 3.8) is 0 Å². The number of nitrogens with zero attached hydrogens (tertiary/aromatic N) is 2. The summed E-state index contributed by atoms with van der Waals surface area (Å²) < 4.78 is 0. The third kappa shape index (κ3) is 5.21. The van der Waals surface area contributed by atoms with E-state index in [0.29, 0.717) is 23.3 Å². The minimum absolute atomic E-state index is 0. The van der Waals surface area contributed by atoms with Crippen LogP contribution in [0.25, 0.3) is 0 Å². The Morgan fingerprint density at radius 1 is 1.04 bits per heavy atom. The molecule has 2 saturated heterocycles. The van der Waals surface area contributed by atoms with E-state index in [4.69, 9.17) is 0 Å². The molecule has 3 aliphatic rings. The predicted octanol–water partition coefficient (Wildman–Crippen LogP) is 4.18. The minimum Gasteiger partial charge on any atom is -0.342 e. The van der Waals surface area contributed by atoms with Crippen LogP contribution in [0, 0.1) is 23.2 Å². The first kappa shape index (κ1) is 22.6. The Hall–Kier alpha value is 0.300. The Labute approximate surface area is 180 Å². The molecule has 4 heteroatoms. The molecule has 1 amide bonds. The average molecular weight is 463 g/mol. The van der Waals surface area contributed by atoms with Gasteiger partial charge in [0.15, 0.2) is 0 Å². The van der Waals surface area contributed by atoms with E-state index in [0.717, 1.165) is 50.9 Å². The van der Waals surface area contributed by atoms with Crippen LogP contribution in [0.1, 0.15) is 79.1 Å². The molecule has 0 N–H and O–H groups in total. The summed E-state index contributed by atoms with van der Waals surface area (Å²) in [6.07, 6.45) is 10.1. The fraction of sp³-hybridized carbons (Fsp3) is 0.955. The molecule has 1 unspecified atom stereocenters. The molecule has 3 rings (SSSR count). The van der Waals surface area contributed by atoms with E-state index in [1.54, 1.807) is 0 Å². The number of carbonyl (C=O) groups is 1. The van der Waals surface area contributed by atoms with Crippen LogP contribution >= 0.6 is 0 Å². The van der Waals surface area contributed by atoms with Crippen molar-refractivity contribution in [3.8, 4) is 0 Å². The summed E-state index contributed by atoms with van der Waals surface area (Å²) in [5.41, 5.74) is 0.607. The number of piperidine rings is 2. The quantitative estimate of drug-likeness (QED) is 0.611. The predicted molar refractivity (Wildman–Crippen MR) is 110 cm³/mol. The van der Waals surface area contributed by atoms with E-state index >= 15 is 0 Å². The summed E-state index contributed by atoms with van der Waals surface area (Å²) >= 11 is 0. The maximum Gasteiger partial charge on any atom is 0.225 e. The molecule has 3 fully saturated rings. The number of amides is 1. The molecular formula is C22H40InN2O. The first-order valence-electron chi connectivity index (χ1n) is 11.0. The number of carbonyl (C=O) groups excluding carboxylic acids is 1. The Balaban J connectivity index is 0.00000243. The van der Waals surface area contributed by atoms with Crippen LogP contribution in [-0.4, -0.2) is 73.8 Å². The van der Waals surface area contributed by atoms with Crippen LogP contribution in [-0.2, 0) is 4.79 Å². The van der Waals surface area contributed by atoms with Crippen molar-refractivity contribution < 1.29 is 4.79 Å². The Morgan fingerprint density at radius 2 is 1.62 bits per heavy atom. The van der Waals surface area contributed by atoms with E-state index in [-0.39, 0.29) is 25.8 Å². The van der Waals surface area contributed by atoms with Gasteiger partial charge in [-0.1, -0.05) is 20.8 Å². The second-order valence-corrected chi connectivity index (χ2v) is 9.80. The summed E-state index contributed by atoms with van der Waals surface area (Å²) in [4.78, 5) is 17.7. The minimum atomic E-state index is 0. The standard InChI is InChI=1S/C22H40N2O.In/c1-5-18(4)23-10-6-20(7-11-23)21(25)24-12-8-22(9-13-24)15-19(16-22)14-17(2)3;/h17-20H,5-16H2,1-4H3;. The van der Waals surface area contributed by atoms with Gasteiger partial charge in [-0.15, -0.1) is 0 Å². The van der Waals surface area contributed by atoms with E-state index < -0.39 is 0 Å². The zero-order valence-corrected chi connectivity index (χ0v) is 21.0. The number of hydrogen-bond donors (Lipinski definition) is 0. The van der Waals surface area contributed by atoms with E-state index in [2.05, 4.69) is 37.5 Å². The van der Waals surface area contributed by atoms with Crippen LogP contribution < -0.4 is 0 Å². The van der Waals surface area contributed by atoms with Crippen molar-refractivity contribution in [2.45, 2.75) is 85.1 Å². The molecule has 147 valence electrons. The van der Waals surface area contributed by atoms with E-state index in [1.807, 2.05) is 0 Å². The van der Waals surface area contributed by atoms with Crippen LogP contribution in [0.4, 0.5) is 0 Å². The van der Waals surface area contributed by atoms with Crippen molar-refractivity contribution in [2.75, 3.05) is 26.2 Å². The van der Waals surface area contributed by atoms with Gasteiger partial charge in [-0.2, -0.15) is 0 Å². The van der Waals surface area contributed by atoms with E-state index in [1.165, 1.54) is 38.5 Å². The molecule has 3 radical (unpaired) electrons. The van der Waals surface area contributed by atoms with Gasteiger partial charge in [-0.3, -0.25) is 4.79 Å². The normalized spacial score (nSPS) is 25.8. The fourth-order valence-corrected chi connectivity index (χ4v) is 5.71. The summed E-state index contributed by atoms with van der Waals surface area (Å²) in [5, 5.41) is 0. The van der Waals surface area contributed by atoms with Crippen LogP contribution in [0.2, 0.25) is 0 Å². The van der Waals surface area contributed by atoms with Gasteiger partial charge in [0.25, 0.3) is 0 Å². The van der Waals surface area contributed by atoms with Gasteiger partial charge in [0.1, 0.15) is 0 Å². The zero-order chi connectivity index (χ0) is 18.0. The molecule has 1 spiro atoms. The number of rotatable bonds is 5. The summed E-state index contributed by atoms with van der Waals surface area (Å²) in [6, 6.07) is 0.670. The van der Waals surface area contributed by atoms with Crippen LogP contribution in [0.5, 0.6) is 0 Å². The Morgan fingerprint density at radius 3 is 2.12 bits per heavy atom. The average Bonchev–Trinajstić information content (AvgIpc) is 2.59. The molecule has 1 aliphatic carbocycles. The van der Waals surface area contributed by atoms with Gasteiger partial charge in [0.2, 0.25) is 5.91 Å². The van der Waals surface area contributed by atoms with Gasteiger partial charge < -0.3 is 9.80 Å². The first-order valence-corrected chi connectivity index (χ1v) is 11.0. The molecule has 2 aliphatic heterocycles. The third-order valence-corrected chi connectivity index (χ3v) is 7.48. The summed E-state index contributed by atoms with van der Waals surface area (Å²) in [5.74, 6) is 2.57. The fourth-order valence-electron chi connectivity index (χ4n) is 5.71. The topological polar surface area (TPSA) is 23.6 Å². The van der Waals surface area contributed by atoms with Gasteiger partial charge in [-0.05, 0) is 88.6 Å². The van der Waals surface area contributed by atoms with Gasteiger partial charge in [0, 0.05) is 50.9 Å². The molecule has 1 atom stereocenters. The molecule has 26 heavy (non-hydrogen) atoms. The van der Waals surface area contributed by atoms with Crippen molar-refractivity contribution in [2.24, 2.45) is 23.2 Å². The molecule has 2 heterocycles. The number of hydrogen-bond acceptors (Lipinski definition) is 2. The van der Waals surface area contributed by atoms with Crippen molar-refractivity contribution >= 4 is 31.8 Å². The smallest absolute Gasteiger partial charge is 0.225 e. The SMILES string of the molecule is CCC(C)N1CCC(C(=O)N2CCC3(CC2)CC(CC(C)C)C3)CC1.[In]. The van der Waals surface area contributed by atoms with Crippen LogP contribution in [0.3, 0.4) is 0 Å². The zero-order valence-electron chi connectivity index (χ0n) is 17.7. The summed E-state index contributed by atoms with van der Waals surface area (Å²) in [6.45, 7) is 13.5. The number of likely N-dealkylation sites (tertiary alicyclic amines) is 2.